The zero-order chi connectivity index (χ0) is 10.7. The van der Waals surface area contributed by atoms with Crippen LogP contribution in [0.4, 0.5) is 0 Å². The Labute approximate surface area is 96.1 Å². The Kier molecular flexibility index (Phi) is 3.32. The van der Waals surface area contributed by atoms with Crippen molar-refractivity contribution in [1.82, 2.24) is 0 Å². The van der Waals surface area contributed by atoms with Crippen molar-refractivity contribution < 1.29 is 0 Å². The van der Waals surface area contributed by atoms with Crippen LogP contribution in [0.5, 0.6) is 0 Å². The van der Waals surface area contributed by atoms with Crippen LogP contribution in [0.2, 0.25) is 0 Å². The molecule has 0 spiro atoms. The Morgan fingerprint density at radius 1 is 1.00 bits per heavy atom. The molecule has 0 saturated heterocycles. The second kappa shape index (κ2) is 4.71. The summed E-state index contributed by atoms with van der Waals surface area (Å²) >= 11 is 1.79. The lowest BCUT2D eigenvalue weighted by Gasteiger charge is -2.12. The maximum atomic E-state index is 2.26. The molecular formula is C14H16S. The first-order valence-electron chi connectivity index (χ1n) is 5.30. The molecule has 0 saturated carbocycles. The van der Waals surface area contributed by atoms with Gasteiger partial charge in [0.1, 0.15) is 0 Å². The van der Waals surface area contributed by atoms with E-state index in [4.69, 9.17) is 0 Å². The largest absolute Gasteiger partial charge is 0.130 e. The summed E-state index contributed by atoms with van der Waals surface area (Å²) in [6.07, 6.45) is 8.99. The Morgan fingerprint density at radius 3 is 2.27 bits per heavy atom. The molecule has 15 heavy (non-hydrogen) atoms. The zero-order valence-electron chi connectivity index (χ0n) is 9.29. The number of hydrogen-bond acceptors (Lipinski definition) is 1. The minimum absolute atomic E-state index is 1.18. The highest BCUT2D eigenvalue weighted by molar-refractivity contribution is 7.98. The van der Waals surface area contributed by atoms with Gasteiger partial charge in [-0.2, -0.15) is 0 Å². The lowest BCUT2D eigenvalue weighted by molar-refractivity contribution is 0.976. The van der Waals surface area contributed by atoms with Crippen LogP contribution in [0.1, 0.15) is 25.3 Å². The van der Waals surface area contributed by atoms with Crippen molar-refractivity contribution in [2.45, 2.75) is 24.7 Å². The van der Waals surface area contributed by atoms with Crippen LogP contribution in [-0.2, 0) is 0 Å². The molecule has 0 fully saturated rings. The molecule has 1 aliphatic rings. The van der Waals surface area contributed by atoms with Gasteiger partial charge in [0, 0.05) is 4.90 Å². The highest BCUT2D eigenvalue weighted by Gasteiger charge is 2.05. The Balaban J connectivity index is 2.23. The van der Waals surface area contributed by atoms with E-state index in [1.807, 2.05) is 0 Å². The minimum Gasteiger partial charge on any atom is -0.130 e. The van der Waals surface area contributed by atoms with Crippen molar-refractivity contribution in [3.05, 3.63) is 47.6 Å². The lowest BCUT2D eigenvalue weighted by Crippen LogP contribution is -1.90. The predicted octanol–water partition coefficient (Wildman–Crippen LogP) is 4.53. The molecule has 0 radical (unpaired) electrons. The monoisotopic (exact) mass is 216 g/mol. The van der Waals surface area contributed by atoms with Gasteiger partial charge in [-0.1, -0.05) is 29.9 Å². The number of allylic oxidation sites excluding steroid dienone is 4. The van der Waals surface area contributed by atoms with Crippen molar-refractivity contribution in [2.24, 2.45) is 0 Å². The molecule has 78 valence electrons. The standard InChI is InChI=1S/C14H16S/c1-11-3-5-12(6-4-11)13-7-9-14(15-2)10-8-13/h3,5,7-10H,4,6H2,1-2H3. The first kappa shape index (κ1) is 10.6. The van der Waals surface area contributed by atoms with E-state index in [0.717, 1.165) is 0 Å². The third-order valence-corrected chi connectivity index (χ3v) is 3.56. The quantitative estimate of drug-likeness (QED) is 0.654. The van der Waals surface area contributed by atoms with E-state index in [9.17, 15) is 0 Å². The fourth-order valence-corrected chi connectivity index (χ4v) is 2.20. The van der Waals surface area contributed by atoms with E-state index < -0.39 is 0 Å². The maximum absolute atomic E-state index is 2.26. The third-order valence-electron chi connectivity index (χ3n) is 2.82. The predicted molar refractivity (Wildman–Crippen MR) is 69.2 cm³/mol. The van der Waals surface area contributed by atoms with Crippen molar-refractivity contribution >= 4 is 17.3 Å². The number of hydrogen-bond donors (Lipinski definition) is 0. The second-order valence-electron chi connectivity index (χ2n) is 3.93. The van der Waals surface area contributed by atoms with E-state index >= 15 is 0 Å². The first-order chi connectivity index (χ1) is 7.29. The Bertz CT molecular complexity index is 396. The summed E-state index contributed by atoms with van der Waals surface area (Å²) in [7, 11) is 0. The second-order valence-corrected chi connectivity index (χ2v) is 4.81. The third kappa shape index (κ3) is 2.54. The van der Waals surface area contributed by atoms with Crippen LogP contribution in [0, 0.1) is 0 Å². The first-order valence-corrected chi connectivity index (χ1v) is 6.53. The smallest absolute Gasteiger partial charge is 0.00695 e. The molecule has 0 unspecified atom stereocenters. The van der Waals surface area contributed by atoms with E-state index in [2.05, 4.69) is 49.6 Å². The molecule has 0 N–H and O–H groups in total. The van der Waals surface area contributed by atoms with Gasteiger partial charge in [-0.3, -0.25) is 0 Å². The van der Waals surface area contributed by atoms with Gasteiger partial charge in [-0.15, -0.1) is 11.8 Å². The normalized spacial score (nSPS) is 15.9. The average molecular weight is 216 g/mol. The Morgan fingerprint density at radius 2 is 1.73 bits per heavy atom. The summed E-state index contributed by atoms with van der Waals surface area (Å²) in [6.45, 7) is 2.20. The molecule has 0 atom stereocenters. The van der Waals surface area contributed by atoms with Crippen LogP contribution in [0.3, 0.4) is 0 Å². The van der Waals surface area contributed by atoms with E-state index in [1.54, 1.807) is 11.8 Å². The van der Waals surface area contributed by atoms with E-state index in [-0.39, 0.29) is 0 Å². The van der Waals surface area contributed by atoms with Gasteiger partial charge in [0.25, 0.3) is 0 Å². The molecule has 0 amide bonds. The van der Waals surface area contributed by atoms with Crippen LogP contribution in [0.15, 0.2) is 46.9 Å². The van der Waals surface area contributed by atoms with Crippen LogP contribution < -0.4 is 0 Å². The van der Waals surface area contributed by atoms with Gasteiger partial charge >= 0.3 is 0 Å². The molecule has 0 nitrogen and oxygen atoms in total. The fraction of sp³-hybridized carbons (Fsp3) is 0.286. The van der Waals surface area contributed by atoms with E-state index in [0.29, 0.717) is 0 Å². The summed E-state index contributed by atoms with van der Waals surface area (Å²) in [5, 5.41) is 0. The molecule has 1 aliphatic carbocycles. The molecule has 1 heteroatoms. The SMILES string of the molecule is CSc1ccc(C2=CC=C(C)CC2)cc1. The Hall–Kier alpha value is -0.950. The highest BCUT2D eigenvalue weighted by atomic mass is 32.2. The summed E-state index contributed by atoms with van der Waals surface area (Å²) in [6, 6.07) is 8.86. The molecule has 0 aliphatic heterocycles. The van der Waals surface area contributed by atoms with Gasteiger partial charge in [0.15, 0.2) is 0 Å². The summed E-state index contributed by atoms with van der Waals surface area (Å²) in [5.41, 5.74) is 4.32. The van der Waals surface area contributed by atoms with Gasteiger partial charge < -0.3 is 0 Å². The highest BCUT2D eigenvalue weighted by Crippen LogP contribution is 2.27. The van der Waals surface area contributed by atoms with Gasteiger partial charge in [-0.05, 0) is 49.3 Å². The lowest BCUT2D eigenvalue weighted by atomic mass is 9.94. The van der Waals surface area contributed by atoms with Gasteiger partial charge in [0.2, 0.25) is 0 Å². The summed E-state index contributed by atoms with van der Waals surface area (Å²) < 4.78 is 0. The summed E-state index contributed by atoms with van der Waals surface area (Å²) in [4.78, 5) is 1.34. The van der Waals surface area contributed by atoms with Crippen molar-refractivity contribution in [1.29, 1.82) is 0 Å². The summed E-state index contributed by atoms with van der Waals surface area (Å²) in [5.74, 6) is 0. The molecule has 1 aromatic rings. The molecule has 0 bridgehead atoms. The molecule has 0 heterocycles. The number of benzene rings is 1. The van der Waals surface area contributed by atoms with Gasteiger partial charge in [0.05, 0.1) is 0 Å². The van der Waals surface area contributed by atoms with Crippen LogP contribution in [-0.4, -0.2) is 6.26 Å². The minimum atomic E-state index is 1.18. The molecule has 2 rings (SSSR count). The van der Waals surface area contributed by atoms with Crippen LogP contribution in [0.25, 0.3) is 5.57 Å². The van der Waals surface area contributed by atoms with Gasteiger partial charge in [-0.25, -0.2) is 0 Å². The molecule has 0 aromatic heterocycles. The topological polar surface area (TPSA) is 0 Å². The van der Waals surface area contributed by atoms with E-state index in [1.165, 1.54) is 34.4 Å². The van der Waals surface area contributed by atoms with Crippen molar-refractivity contribution in [3.8, 4) is 0 Å². The van der Waals surface area contributed by atoms with Crippen molar-refractivity contribution in [2.75, 3.05) is 6.26 Å². The van der Waals surface area contributed by atoms with Crippen LogP contribution >= 0.6 is 11.8 Å². The average Bonchev–Trinajstić information content (AvgIpc) is 2.30. The maximum Gasteiger partial charge on any atom is 0.00695 e. The molecule has 1 aromatic carbocycles. The zero-order valence-corrected chi connectivity index (χ0v) is 10.1. The number of thioether (sulfide) groups is 1. The number of rotatable bonds is 2. The molecular weight excluding hydrogens is 200 g/mol. The van der Waals surface area contributed by atoms with Crippen molar-refractivity contribution in [3.63, 3.8) is 0 Å². The fourth-order valence-electron chi connectivity index (χ4n) is 1.79.